The second kappa shape index (κ2) is 9.13. The SMILES string of the molecule is [Ag+].c1ccncc1.c1ccncc1. The number of aromatic nitrogens is 2. The fraction of sp³-hybridized carbons (Fsp3) is 0. The monoisotopic (exact) mass is 265 g/mol. The predicted molar refractivity (Wildman–Crippen MR) is 48.5 cm³/mol. The summed E-state index contributed by atoms with van der Waals surface area (Å²) in [7, 11) is 0. The van der Waals surface area contributed by atoms with Crippen LogP contribution in [0.1, 0.15) is 0 Å². The molecule has 0 spiro atoms. The molecule has 0 N–H and O–H groups in total. The van der Waals surface area contributed by atoms with E-state index >= 15 is 0 Å². The van der Waals surface area contributed by atoms with Gasteiger partial charge in [0.1, 0.15) is 0 Å². The van der Waals surface area contributed by atoms with Crippen LogP contribution in [0, 0.1) is 0 Å². The Labute approximate surface area is 93.6 Å². The van der Waals surface area contributed by atoms with Gasteiger partial charge in [0.2, 0.25) is 0 Å². The standard InChI is InChI=1S/2C5H5N.Ag/c2*1-2-4-6-5-3-1;/h2*1-5H;/q;;+1. The summed E-state index contributed by atoms with van der Waals surface area (Å²) in [5.74, 6) is 0. The summed E-state index contributed by atoms with van der Waals surface area (Å²) in [6.07, 6.45) is 7.00. The van der Waals surface area contributed by atoms with Crippen LogP contribution < -0.4 is 0 Å². The van der Waals surface area contributed by atoms with Crippen LogP contribution in [0.3, 0.4) is 0 Å². The van der Waals surface area contributed by atoms with Crippen molar-refractivity contribution in [2.24, 2.45) is 0 Å². The van der Waals surface area contributed by atoms with Gasteiger partial charge in [0, 0.05) is 24.8 Å². The van der Waals surface area contributed by atoms with E-state index in [1.807, 2.05) is 36.4 Å². The van der Waals surface area contributed by atoms with Gasteiger partial charge in [-0.05, 0) is 24.3 Å². The molecule has 0 aliphatic heterocycles. The van der Waals surface area contributed by atoms with Crippen molar-refractivity contribution in [3.8, 4) is 0 Å². The fourth-order valence-electron chi connectivity index (χ4n) is 0.625. The molecule has 0 fully saturated rings. The minimum Gasteiger partial charge on any atom is -0.265 e. The van der Waals surface area contributed by atoms with Crippen molar-refractivity contribution in [2.45, 2.75) is 0 Å². The van der Waals surface area contributed by atoms with Crippen molar-refractivity contribution in [3.05, 3.63) is 61.2 Å². The van der Waals surface area contributed by atoms with Crippen molar-refractivity contribution < 1.29 is 22.4 Å². The Morgan fingerprint density at radius 3 is 0.846 bits per heavy atom. The third-order valence-corrected chi connectivity index (χ3v) is 1.13. The van der Waals surface area contributed by atoms with E-state index in [0.717, 1.165) is 0 Å². The van der Waals surface area contributed by atoms with E-state index in [1.54, 1.807) is 24.8 Å². The summed E-state index contributed by atoms with van der Waals surface area (Å²) < 4.78 is 0. The second-order valence-electron chi connectivity index (χ2n) is 2.05. The van der Waals surface area contributed by atoms with Crippen LogP contribution in [0.5, 0.6) is 0 Å². The maximum Gasteiger partial charge on any atom is 1.00 e. The largest absolute Gasteiger partial charge is 1.00 e. The van der Waals surface area contributed by atoms with E-state index < -0.39 is 0 Å². The summed E-state index contributed by atoms with van der Waals surface area (Å²) in [6, 6.07) is 11.4. The summed E-state index contributed by atoms with van der Waals surface area (Å²) in [6.45, 7) is 0. The van der Waals surface area contributed by atoms with Gasteiger partial charge >= 0.3 is 22.4 Å². The molecule has 2 nitrogen and oxygen atoms in total. The van der Waals surface area contributed by atoms with E-state index in [-0.39, 0.29) is 22.4 Å². The zero-order valence-corrected chi connectivity index (χ0v) is 8.45. The van der Waals surface area contributed by atoms with Gasteiger partial charge in [-0.3, -0.25) is 9.97 Å². The van der Waals surface area contributed by atoms with E-state index in [4.69, 9.17) is 0 Å². The predicted octanol–water partition coefficient (Wildman–Crippen LogP) is 2.16. The van der Waals surface area contributed by atoms with Crippen molar-refractivity contribution in [3.63, 3.8) is 0 Å². The molecule has 0 aliphatic rings. The van der Waals surface area contributed by atoms with Gasteiger partial charge in [0.05, 0.1) is 0 Å². The summed E-state index contributed by atoms with van der Waals surface area (Å²) in [4.78, 5) is 7.57. The molecular weight excluding hydrogens is 256 g/mol. The molecule has 0 atom stereocenters. The number of rotatable bonds is 0. The quantitative estimate of drug-likeness (QED) is 0.683. The third-order valence-electron chi connectivity index (χ3n) is 1.13. The van der Waals surface area contributed by atoms with Crippen LogP contribution >= 0.6 is 0 Å². The summed E-state index contributed by atoms with van der Waals surface area (Å²) in [5, 5.41) is 0. The molecule has 0 aliphatic carbocycles. The molecular formula is C10H10AgN2+. The van der Waals surface area contributed by atoms with Crippen molar-refractivity contribution >= 4 is 0 Å². The smallest absolute Gasteiger partial charge is 0.265 e. The molecule has 2 aromatic rings. The normalized spacial score (nSPS) is 7.38. The first-order chi connectivity index (χ1) is 6.00. The van der Waals surface area contributed by atoms with E-state index in [1.165, 1.54) is 0 Å². The number of hydrogen-bond acceptors (Lipinski definition) is 2. The topological polar surface area (TPSA) is 25.8 Å². The molecule has 3 heteroatoms. The molecule has 0 bridgehead atoms. The molecule has 0 aromatic carbocycles. The molecule has 0 saturated heterocycles. The second-order valence-corrected chi connectivity index (χ2v) is 2.05. The first-order valence-electron chi connectivity index (χ1n) is 3.70. The van der Waals surface area contributed by atoms with Gasteiger partial charge in [-0.2, -0.15) is 0 Å². The number of hydrogen-bond donors (Lipinski definition) is 0. The third kappa shape index (κ3) is 7.40. The minimum atomic E-state index is 0. The number of pyridine rings is 2. The Hall–Kier alpha value is -0.960. The van der Waals surface area contributed by atoms with Crippen molar-refractivity contribution in [1.82, 2.24) is 9.97 Å². The maximum absolute atomic E-state index is 3.78. The van der Waals surface area contributed by atoms with Gasteiger partial charge in [-0.1, -0.05) is 12.1 Å². The zero-order chi connectivity index (χ0) is 8.49. The Bertz CT molecular complexity index is 188. The molecule has 2 rings (SSSR count). The van der Waals surface area contributed by atoms with E-state index in [0.29, 0.717) is 0 Å². The minimum absolute atomic E-state index is 0. The van der Waals surface area contributed by atoms with E-state index in [9.17, 15) is 0 Å². The van der Waals surface area contributed by atoms with Crippen molar-refractivity contribution in [1.29, 1.82) is 0 Å². The van der Waals surface area contributed by atoms with Crippen LogP contribution in [-0.4, -0.2) is 9.97 Å². The first-order valence-corrected chi connectivity index (χ1v) is 3.70. The van der Waals surface area contributed by atoms with Gasteiger partial charge in [-0.15, -0.1) is 0 Å². The van der Waals surface area contributed by atoms with Crippen LogP contribution in [0.15, 0.2) is 61.2 Å². The molecule has 2 aromatic heterocycles. The van der Waals surface area contributed by atoms with Crippen LogP contribution in [0.2, 0.25) is 0 Å². The van der Waals surface area contributed by atoms with Gasteiger partial charge in [0.25, 0.3) is 0 Å². The fourth-order valence-corrected chi connectivity index (χ4v) is 0.625. The Morgan fingerprint density at radius 2 is 0.769 bits per heavy atom. The maximum atomic E-state index is 3.78. The molecule has 0 unspecified atom stereocenters. The number of nitrogens with zero attached hydrogens (tertiary/aromatic N) is 2. The molecule has 0 saturated carbocycles. The molecule has 0 radical (unpaired) electrons. The summed E-state index contributed by atoms with van der Waals surface area (Å²) >= 11 is 0. The van der Waals surface area contributed by atoms with Gasteiger partial charge in [-0.25, -0.2) is 0 Å². The van der Waals surface area contributed by atoms with Crippen LogP contribution in [0.4, 0.5) is 0 Å². The zero-order valence-electron chi connectivity index (χ0n) is 6.97. The molecule has 13 heavy (non-hydrogen) atoms. The average molecular weight is 266 g/mol. The summed E-state index contributed by atoms with van der Waals surface area (Å²) in [5.41, 5.74) is 0. The Balaban J connectivity index is 0.000000206. The van der Waals surface area contributed by atoms with Gasteiger partial charge < -0.3 is 0 Å². The van der Waals surface area contributed by atoms with E-state index in [2.05, 4.69) is 9.97 Å². The van der Waals surface area contributed by atoms with Crippen molar-refractivity contribution in [2.75, 3.05) is 0 Å². The average Bonchev–Trinajstić information content (AvgIpc) is 2.24. The Kier molecular flexibility index (Phi) is 8.46. The molecule has 2 heterocycles. The Morgan fingerprint density at radius 1 is 0.462 bits per heavy atom. The van der Waals surface area contributed by atoms with Crippen LogP contribution in [0.25, 0.3) is 0 Å². The molecule has 70 valence electrons. The first kappa shape index (κ1) is 12.0. The molecule has 0 amide bonds. The van der Waals surface area contributed by atoms with Crippen LogP contribution in [-0.2, 0) is 22.4 Å². The van der Waals surface area contributed by atoms with Gasteiger partial charge in [0.15, 0.2) is 0 Å².